The molecule has 1 saturated heterocycles. The summed E-state index contributed by atoms with van der Waals surface area (Å²) >= 11 is 10.5. The molecule has 3 aliphatic heterocycles. The van der Waals surface area contributed by atoms with E-state index < -0.39 is 40.1 Å². The number of pyridine rings is 1. The predicted molar refractivity (Wildman–Crippen MR) is 263 cm³/mol. The Balaban J connectivity index is 1.33. The van der Waals surface area contributed by atoms with Crippen molar-refractivity contribution in [3.8, 4) is 22.4 Å². The molecule has 13 nitrogen and oxygen atoms in total. The van der Waals surface area contributed by atoms with Gasteiger partial charge in [-0.2, -0.15) is 17.7 Å². The van der Waals surface area contributed by atoms with E-state index in [1.807, 2.05) is 50.2 Å². The van der Waals surface area contributed by atoms with Gasteiger partial charge in [0.2, 0.25) is 11.8 Å². The molecule has 0 saturated carbocycles. The van der Waals surface area contributed by atoms with E-state index in [9.17, 15) is 24.0 Å². The van der Waals surface area contributed by atoms with Crippen LogP contribution in [0.2, 0.25) is 0 Å². The number of hydrogen-bond acceptors (Lipinski definition) is 11. The highest BCUT2D eigenvalue weighted by atomic mass is 32.1. The van der Waals surface area contributed by atoms with E-state index in [0.717, 1.165) is 44.4 Å². The van der Waals surface area contributed by atoms with Crippen LogP contribution in [0.15, 0.2) is 78.6 Å². The van der Waals surface area contributed by atoms with Gasteiger partial charge in [0, 0.05) is 86.6 Å². The van der Waals surface area contributed by atoms with Crippen molar-refractivity contribution in [2.45, 2.75) is 90.2 Å². The minimum absolute atomic E-state index is 0.0480. The second-order valence-corrected chi connectivity index (χ2v) is 20.0. The third-order valence-electron chi connectivity index (χ3n) is 13.0. The molecule has 1 fully saturated rings. The van der Waals surface area contributed by atoms with Crippen LogP contribution in [0.4, 0.5) is 0 Å². The molecule has 4 aromatic rings. The number of esters is 1. The normalized spacial score (nSPS) is 19.9. The number of rotatable bonds is 12. The maximum Gasteiger partial charge on any atom is 0.354 e. The monoisotopic (exact) mass is 932 g/mol. The van der Waals surface area contributed by atoms with Crippen LogP contribution in [0, 0.1) is 17.3 Å². The Morgan fingerprint density at radius 2 is 1.82 bits per heavy atom. The molecule has 3 aliphatic rings. The molecule has 15 heteroatoms. The molecule has 3 amide bonds. The number of methoxy groups -OCH3 is 1. The first-order valence-electron chi connectivity index (χ1n) is 22.6. The van der Waals surface area contributed by atoms with Crippen molar-refractivity contribution in [3.05, 3.63) is 90.3 Å². The van der Waals surface area contributed by atoms with Crippen LogP contribution in [-0.2, 0) is 52.8 Å². The number of carbonyl (C=O) groups is 5. The van der Waals surface area contributed by atoms with Gasteiger partial charge in [-0.15, -0.1) is 0 Å². The van der Waals surface area contributed by atoms with E-state index in [1.165, 1.54) is 20.9 Å². The maximum atomic E-state index is 14.9. The Hall–Kier alpha value is -5.51. The maximum absolute atomic E-state index is 14.9. The number of carbonyl (C=O) groups excluding carboxylic acids is 5. The van der Waals surface area contributed by atoms with Crippen molar-refractivity contribution in [3.63, 3.8) is 0 Å². The van der Waals surface area contributed by atoms with Crippen LogP contribution in [0.25, 0.3) is 33.3 Å². The number of benzene rings is 2. The molecule has 3 atom stereocenters. The topological polar surface area (TPSA) is 144 Å². The number of thiocarbonyl (C=S) groups is 1. The highest BCUT2D eigenvalue weighted by molar-refractivity contribution is 7.82. The van der Waals surface area contributed by atoms with Gasteiger partial charge in [-0.1, -0.05) is 76.8 Å². The summed E-state index contributed by atoms with van der Waals surface area (Å²) in [7, 11) is 3.22. The van der Waals surface area contributed by atoms with Crippen molar-refractivity contribution in [1.29, 1.82) is 0 Å². The highest BCUT2D eigenvalue weighted by Crippen LogP contribution is 2.42. The molecule has 0 N–H and O–H groups in total. The number of likely N-dealkylation sites (tertiary alicyclic amines) is 1. The van der Waals surface area contributed by atoms with E-state index in [0.29, 0.717) is 31.5 Å². The molecule has 7 rings (SSSR count). The van der Waals surface area contributed by atoms with Gasteiger partial charge >= 0.3 is 5.97 Å². The lowest BCUT2D eigenvalue weighted by Crippen LogP contribution is -2.59. The number of hydrogen-bond donors (Lipinski definition) is 1. The average molecular weight is 933 g/mol. The Labute approximate surface area is 398 Å². The molecule has 348 valence electrons. The number of hydrazone groups is 1. The van der Waals surface area contributed by atoms with Gasteiger partial charge in [0.1, 0.15) is 16.6 Å². The summed E-state index contributed by atoms with van der Waals surface area (Å²) in [6.07, 6.45) is 3.46. The smallest absolute Gasteiger partial charge is 0.354 e. The fourth-order valence-corrected chi connectivity index (χ4v) is 10.4. The lowest BCUT2D eigenvalue weighted by Gasteiger charge is -2.42. The second kappa shape index (κ2) is 19.8. The van der Waals surface area contributed by atoms with Crippen molar-refractivity contribution >= 4 is 76.3 Å². The summed E-state index contributed by atoms with van der Waals surface area (Å²) in [4.78, 5) is 77.2. The zero-order chi connectivity index (χ0) is 47.7. The largest absolute Gasteiger partial charge is 0.461 e. The zero-order valence-corrected chi connectivity index (χ0v) is 40.6. The van der Waals surface area contributed by atoms with E-state index in [-0.39, 0.29) is 68.3 Å². The molecule has 5 heterocycles. The number of ether oxygens (including phenoxy) is 2. The third-order valence-corrected chi connectivity index (χ3v) is 13.8. The summed E-state index contributed by atoms with van der Waals surface area (Å²) in [5.41, 5.74) is 6.81. The minimum Gasteiger partial charge on any atom is -0.461 e. The number of cyclic esters (lactones) is 1. The number of likely N-dealkylation sites (N-methyl/N-ethyl adjacent to an activating group) is 1. The van der Waals surface area contributed by atoms with Crippen LogP contribution < -0.4 is 0 Å². The van der Waals surface area contributed by atoms with Crippen molar-refractivity contribution in [1.82, 2.24) is 24.4 Å². The van der Waals surface area contributed by atoms with Crippen molar-refractivity contribution in [2.75, 3.05) is 40.4 Å². The molecular weight excluding hydrogens is 873 g/mol. The first-order chi connectivity index (χ1) is 31.4. The van der Waals surface area contributed by atoms with Gasteiger partial charge < -0.3 is 23.8 Å². The SMILES string of the molecule is C=CC(=O)N1CC(C(=O)N(C)[C@H](C(=O)CC2(S)Cc3cccc(c3)-c3ccc4c(c3)c(c(-c3cccnc3[C@H](C=S)OC)n4CC)CC(C)(C)COC(=O)C3=NN(CCC3)C2=O)C(C)C)C1. The van der Waals surface area contributed by atoms with Crippen molar-refractivity contribution < 1.29 is 33.4 Å². The van der Waals surface area contributed by atoms with Gasteiger partial charge in [-0.05, 0) is 84.7 Å². The average Bonchev–Trinajstić information content (AvgIpc) is 3.58. The second-order valence-electron chi connectivity index (χ2n) is 18.9. The predicted octanol–water partition coefficient (Wildman–Crippen LogP) is 7.48. The molecule has 66 heavy (non-hydrogen) atoms. The number of Topliss-reactive ketones (excluding diaryl/α,β-unsaturated/α-hetero) is 1. The number of nitrogens with zero attached hydrogens (tertiary/aromatic N) is 6. The molecule has 2 aromatic carbocycles. The third kappa shape index (κ3) is 9.66. The molecular formula is C51H60N6O7S2. The van der Waals surface area contributed by atoms with Gasteiger partial charge in [-0.3, -0.25) is 24.2 Å². The Morgan fingerprint density at radius 1 is 1.08 bits per heavy atom. The summed E-state index contributed by atoms with van der Waals surface area (Å²) in [6.45, 7) is 14.9. The number of ketones is 1. The van der Waals surface area contributed by atoms with Gasteiger partial charge in [0.25, 0.3) is 5.91 Å². The molecule has 0 spiro atoms. The molecule has 2 aromatic heterocycles. The van der Waals surface area contributed by atoms with E-state index in [1.54, 1.807) is 25.7 Å². The number of thiol groups is 1. The van der Waals surface area contributed by atoms with E-state index in [4.69, 9.17) is 39.3 Å². The van der Waals surface area contributed by atoms with Crippen LogP contribution >= 0.6 is 24.8 Å². The fourth-order valence-electron chi connectivity index (χ4n) is 9.75. The molecule has 0 radical (unpaired) electrons. The molecule has 6 bridgehead atoms. The molecule has 0 aliphatic carbocycles. The summed E-state index contributed by atoms with van der Waals surface area (Å²) in [5.74, 6) is -2.75. The van der Waals surface area contributed by atoms with E-state index in [2.05, 4.69) is 55.2 Å². The number of fused-ring (bicyclic) bond motifs is 5. The highest BCUT2D eigenvalue weighted by Gasteiger charge is 2.46. The van der Waals surface area contributed by atoms with Gasteiger partial charge in [0.05, 0.1) is 30.0 Å². The Bertz CT molecular complexity index is 2610. The zero-order valence-electron chi connectivity index (χ0n) is 38.9. The Kier molecular flexibility index (Phi) is 14.5. The molecule has 1 unspecified atom stereocenters. The Morgan fingerprint density at radius 3 is 2.50 bits per heavy atom. The quantitative estimate of drug-likeness (QED) is 0.0662. The minimum atomic E-state index is -1.63. The lowest BCUT2D eigenvalue weighted by atomic mass is 9.84. The van der Waals surface area contributed by atoms with Crippen LogP contribution in [-0.4, -0.2) is 116 Å². The van der Waals surface area contributed by atoms with Crippen molar-refractivity contribution in [2.24, 2.45) is 22.4 Å². The first-order valence-corrected chi connectivity index (χ1v) is 23.5. The van der Waals surface area contributed by atoms with E-state index >= 15 is 0 Å². The summed E-state index contributed by atoms with van der Waals surface area (Å²) in [6, 6.07) is 17.4. The summed E-state index contributed by atoms with van der Waals surface area (Å²) in [5, 5.41) is 8.45. The van der Waals surface area contributed by atoms with Crippen LogP contribution in [0.1, 0.15) is 76.8 Å². The fraction of sp³-hybridized carbons (Fsp3) is 0.451. The number of aryl methyl sites for hydroxylation is 1. The van der Waals surface area contributed by atoms with Crippen LogP contribution in [0.3, 0.4) is 0 Å². The van der Waals surface area contributed by atoms with Gasteiger partial charge in [0.15, 0.2) is 5.78 Å². The van der Waals surface area contributed by atoms with Gasteiger partial charge in [-0.25, -0.2) is 9.80 Å². The lowest BCUT2D eigenvalue weighted by molar-refractivity contribution is -0.150. The standard InChI is InChI=1S/C51H60N6O7S2/c1-9-43(59)55-27-35(28-55)47(60)54(7)45(31(3)4)41(58)26-51(66)24-32-14-11-15-33(22-32)34-18-19-40-37(23-34)38(46(56(40)10-2)36-16-12-20-52-44(36)42(29-65)63-8)25-50(5,6)30-64-48(61)39-17-13-21-57(53-39)49(51)62/h9,11-12,14-16,18-20,22-23,29,31,35,42,45,66H,1,10,13,17,21,24-28,30H2,2-8H3/t42-,45-,51?/m0/s1. The number of aromatic nitrogens is 2. The first kappa shape index (κ1) is 48.4. The summed E-state index contributed by atoms with van der Waals surface area (Å²) < 4.78 is 12.5. The van der Waals surface area contributed by atoms with Crippen LogP contribution in [0.5, 0.6) is 0 Å². The number of amides is 3.